The summed E-state index contributed by atoms with van der Waals surface area (Å²) in [5.41, 5.74) is 1.54. The zero-order valence-corrected chi connectivity index (χ0v) is 16.8. The van der Waals surface area contributed by atoms with Crippen molar-refractivity contribution in [3.63, 3.8) is 0 Å². The van der Waals surface area contributed by atoms with Gasteiger partial charge in [0.15, 0.2) is 5.17 Å². The van der Waals surface area contributed by atoms with E-state index in [1.165, 1.54) is 23.9 Å². The second kappa shape index (κ2) is 8.50. The molecular formula is C20H17ClN2O4S. The fraction of sp³-hybridized carbons (Fsp3) is 0.150. The summed E-state index contributed by atoms with van der Waals surface area (Å²) < 4.78 is 5.14. The molecule has 2 aromatic rings. The van der Waals surface area contributed by atoms with Gasteiger partial charge in [0.25, 0.3) is 5.91 Å². The number of aromatic carboxylic acids is 1. The van der Waals surface area contributed by atoms with Gasteiger partial charge in [-0.2, -0.15) is 0 Å². The molecule has 6 nitrogen and oxygen atoms in total. The number of likely N-dealkylation sites (N-methyl/N-ethyl adjacent to an activating group) is 1. The molecule has 0 spiro atoms. The Labute approximate surface area is 171 Å². The minimum absolute atomic E-state index is 0.139. The first-order chi connectivity index (χ1) is 13.4. The largest absolute Gasteiger partial charge is 0.495 e. The highest BCUT2D eigenvalue weighted by atomic mass is 35.5. The van der Waals surface area contributed by atoms with Crippen LogP contribution in [0.2, 0.25) is 5.02 Å². The fourth-order valence-electron chi connectivity index (χ4n) is 2.58. The number of methoxy groups -OCH3 is 1. The molecule has 28 heavy (non-hydrogen) atoms. The molecule has 0 bridgehead atoms. The molecule has 1 aliphatic rings. The monoisotopic (exact) mass is 416 g/mol. The highest BCUT2D eigenvalue weighted by Gasteiger charge is 2.32. The Kier molecular flexibility index (Phi) is 6.06. The Balaban J connectivity index is 1.89. The van der Waals surface area contributed by atoms with Gasteiger partial charge in [-0.15, -0.1) is 0 Å². The van der Waals surface area contributed by atoms with Crippen molar-refractivity contribution in [3.8, 4) is 5.75 Å². The van der Waals surface area contributed by atoms with Crippen molar-refractivity contribution >= 4 is 52.2 Å². The van der Waals surface area contributed by atoms with E-state index >= 15 is 0 Å². The Hall–Kier alpha value is -2.77. The lowest BCUT2D eigenvalue weighted by Crippen LogP contribution is -2.28. The van der Waals surface area contributed by atoms with Crippen LogP contribution in [0.5, 0.6) is 5.75 Å². The van der Waals surface area contributed by atoms with E-state index in [9.17, 15) is 9.59 Å². The van der Waals surface area contributed by atoms with Crippen molar-refractivity contribution in [2.75, 3.05) is 13.7 Å². The van der Waals surface area contributed by atoms with Crippen LogP contribution in [-0.2, 0) is 4.79 Å². The third kappa shape index (κ3) is 4.21. The number of amides is 1. The van der Waals surface area contributed by atoms with Gasteiger partial charge in [0.2, 0.25) is 0 Å². The van der Waals surface area contributed by atoms with Crippen molar-refractivity contribution < 1.29 is 19.4 Å². The van der Waals surface area contributed by atoms with Crippen LogP contribution in [0, 0.1) is 0 Å². The Morgan fingerprint density at radius 1 is 1.29 bits per heavy atom. The van der Waals surface area contributed by atoms with E-state index in [-0.39, 0.29) is 11.5 Å². The molecule has 8 heteroatoms. The molecule has 1 amide bonds. The number of ether oxygens (including phenoxy) is 1. The second-order valence-corrected chi connectivity index (χ2v) is 7.22. The molecule has 144 valence electrons. The lowest BCUT2D eigenvalue weighted by molar-refractivity contribution is -0.122. The summed E-state index contributed by atoms with van der Waals surface area (Å²) in [5, 5.41) is 9.99. The molecule has 0 radical (unpaired) electrons. The molecule has 2 aromatic carbocycles. The Morgan fingerprint density at radius 2 is 2.00 bits per heavy atom. The number of rotatable bonds is 5. The van der Waals surface area contributed by atoms with Gasteiger partial charge in [0.1, 0.15) is 5.75 Å². The van der Waals surface area contributed by atoms with Gasteiger partial charge in [-0.1, -0.05) is 17.7 Å². The smallest absolute Gasteiger partial charge is 0.335 e. The van der Waals surface area contributed by atoms with Crippen molar-refractivity contribution in [1.82, 2.24) is 4.90 Å². The average Bonchev–Trinajstić information content (AvgIpc) is 2.96. The minimum atomic E-state index is -0.997. The number of halogens is 1. The third-order valence-electron chi connectivity index (χ3n) is 4.02. The maximum absolute atomic E-state index is 12.7. The number of benzene rings is 2. The molecule has 1 aliphatic heterocycles. The van der Waals surface area contributed by atoms with Gasteiger partial charge in [-0.3, -0.25) is 9.69 Å². The quantitative estimate of drug-likeness (QED) is 0.716. The first-order valence-electron chi connectivity index (χ1n) is 8.40. The Bertz CT molecular complexity index is 986. The number of amidine groups is 1. The van der Waals surface area contributed by atoms with Gasteiger partial charge in [0.05, 0.1) is 28.3 Å². The van der Waals surface area contributed by atoms with E-state index in [4.69, 9.17) is 21.4 Å². The van der Waals surface area contributed by atoms with E-state index < -0.39 is 5.97 Å². The number of thioether (sulfide) groups is 1. The predicted molar refractivity (Wildman–Crippen MR) is 111 cm³/mol. The molecule has 0 aliphatic carbocycles. The SMILES string of the molecule is CCN1C(=O)/C(=C/c2ccc(OC)c(Cl)c2)SC1=Nc1ccc(C(=O)O)cc1. The highest BCUT2D eigenvalue weighted by molar-refractivity contribution is 8.18. The third-order valence-corrected chi connectivity index (χ3v) is 5.32. The standard InChI is InChI=1S/C20H17ClN2O4S/c1-3-23-18(24)17(11-12-4-9-16(27-2)15(21)10-12)28-20(23)22-14-7-5-13(6-8-14)19(25)26/h4-11H,3H2,1-2H3,(H,25,26)/b17-11-,22-20?. The first-order valence-corrected chi connectivity index (χ1v) is 9.59. The van der Waals surface area contributed by atoms with Gasteiger partial charge < -0.3 is 9.84 Å². The van der Waals surface area contributed by atoms with Gasteiger partial charge >= 0.3 is 5.97 Å². The minimum Gasteiger partial charge on any atom is -0.495 e. The van der Waals surface area contributed by atoms with Crippen molar-refractivity contribution in [3.05, 3.63) is 63.5 Å². The summed E-state index contributed by atoms with van der Waals surface area (Å²) >= 11 is 7.42. The second-order valence-electron chi connectivity index (χ2n) is 5.80. The van der Waals surface area contributed by atoms with E-state index in [1.807, 2.05) is 13.0 Å². The zero-order valence-electron chi connectivity index (χ0n) is 15.2. The number of carbonyl (C=O) groups excluding carboxylic acids is 1. The number of carboxylic acids is 1. The van der Waals surface area contributed by atoms with Gasteiger partial charge in [0, 0.05) is 6.54 Å². The molecule has 1 N–H and O–H groups in total. The predicted octanol–water partition coefficient (Wildman–Crippen LogP) is 4.67. The number of hydrogen-bond acceptors (Lipinski definition) is 5. The fourth-order valence-corrected chi connectivity index (χ4v) is 3.91. The van der Waals surface area contributed by atoms with Crippen molar-refractivity contribution in [2.45, 2.75) is 6.92 Å². The van der Waals surface area contributed by atoms with Crippen LogP contribution in [-0.4, -0.2) is 40.7 Å². The van der Waals surface area contributed by atoms with E-state index in [2.05, 4.69) is 4.99 Å². The molecule has 1 saturated heterocycles. The maximum Gasteiger partial charge on any atom is 0.335 e. The molecule has 0 unspecified atom stereocenters. The van der Waals surface area contributed by atoms with E-state index in [0.29, 0.717) is 33.1 Å². The summed E-state index contributed by atoms with van der Waals surface area (Å²) in [4.78, 5) is 30.3. The Morgan fingerprint density at radius 3 is 2.57 bits per heavy atom. The molecule has 0 saturated carbocycles. The average molecular weight is 417 g/mol. The van der Waals surface area contributed by atoms with Crippen molar-refractivity contribution in [1.29, 1.82) is 0 Å². The number of carbonyl (C=O) groups is 2. The van der Waals surface area contributed by atoms with Crippen LogP contribution < -0.4 is 4.74 Å². The first kappa shape index (κ1) is 20.0. The lowest BCUT2D eigenvalue weighted by atomic mass is 10.2. The van der Waals surface area contributed by atoms with E-state index in [0.717, 1.165) is 5.56 Å². The maximum atomic E-state index is 12.7. The van der Waals surface area contributed by atoms with Crippen LogP contribution in [0.4, 0.5) is 5.69 Å². The van der Waals surface area contributed by atoms with Gasteiger partial charge in [-0.25, -0.2) is 9.79 Å². The molecule has 3 rings (SSSR count). The number of nitrogens with zero attached hydrogens (tertiary/aromatic N) is 2. The summed E-state index contributed by atoms with van der Waals surface area (Å²) in [5.74, 6) is -0.569. The topological polar surface area (TPSA) is 79.2 Å². The summed E-state index contributed by atoms with van der Waals surface area (Å²) in [6.45, 7) is 2.34. The van der Waals surface area contributed by atoms with Crippen LogP contribution in [0.1, 0.15) is 22.8 Å². The van der Waals surface area contributed by atoms with E-state index in [1.54, 1.807) is 42.4 Å². The summed E-state index contributed by atoms with van der Waals surface area (Å²) in [6.07, 6.45) is 1.76. The van der Waals surface area contributed by atoms with Crippen LogP contribution in [0.3, 0.4) is 0 Å². The lowest BCUT2D eigenvalue weighted by Gasteiger charge is -2.12. The summed E-state index contributed by atoms with van der Waals surface area (Å²) in [6, 6.07) is 11.5. The molecular weight excluding hydrogens is 400 g/mol. The molecule has 1 fully saturated rings. The normalized spacial score (nSPS) is 16.8. The van der Waals surface area contributed by atoms with Gasteiger partial charge in [-0.05, 0) is 66.7 Å². The van der Waals surface area contributed by atoms with Crippen molar-refractivity contribution in [2.24, 2.45) is 4.99 Å². The molecule has 0 aromatic heterocycles. The molecule has 1 heterocycles. The highest BCUT2D eigenvalue weighted by Crippen LogP contribution is 2.35. The molecule has 0 atom stereocenters. The summed E-state index contributed by atoms with van der Waals surface area (Å²) in [7, 11) is 1.54. The number of carboxylic acid groups (broad SMARTS) is 1. The number of hydrogen-bond donors (Lipinski definition) is 1. The van der Waals surface area contributed by atoms with Crippen LogP contribution in [0.25, 0.3) is 6.08 Å². The van der Waals surface area contributed by atoms with Crippen LogP contribution >= 0.6 is 23.4 Å². The zero-order chi connectivity index (χ0) is 20.3. The number of aliphatic imine (C=N–C) groups is 1. The van der Waals surface area contributed by atoms with Crippen LogP contribution in [0.15, 0.2) is 52.4 Å².